The van der Waals surface area contributed by atoms with E-state index >= 15 is 0 Å². The van der Waals surface area contributed by atoms with Crippen LogP contribution in [0.3, 0.4) is 0 Å². The minimum atomic E-state index is -1.11. The first kappa shape index (κ1) is 23.2. The molecule has 1 aromatic carbocycles. The summed E-state index contributed by atoms with van der Waals surface area (Å²) in [6.45, 7) is 5.09. The lowest BCUT2D eigenvalue weighted by Gasteiger charge is -2.28. The Bertz CT molecular complexity index is 788. The number of amides is 2. The van der Waals surface area contributed by atoms with Crippen molar-refractivity contribution in [2.24, 2.45) is 5.92 Å². The maximum absolute atomic E-state index is 12.8. The van der Waals surface area contributed by atoms with Crippen molar-refractivity contribution in [2.45, 2.75) is 44.9 Å². The van der Waals surface area contributed by atoms with Crippen LogP contribution in [0.15, 0.2) is 30.3 Å². The van der Waals surface area contributed by atoms with Crippen LogP contribution in [-0.4, -0.2) is 67.3 Å². The Hall–Kier alpha value is -3.10. The molecule has 0 spiro atoms. The first-order valence-electron chi connectivity index (χ1n) is 9.57. The molecule has 0 unspecified atom stereocenters. The number of esters is 2. The summed E-state index contributed by atoms with van der Waals surface area (Å²) in [5, 5.41) is 2.83. The fourth-order valence-corrected chi connectivity index (χ4v) is 3.37. The van der Waals surface area contributed by atoms with E-state index < -0.39 is 41.6 Å². The van der Waals surface area contributed by atoms with E-state index in [0.29, 0.717) is 5.56 Å². The van der Waals surface area contributed by atoms with Gasteiger partial charge in [0.15, 0.2) is 0 Å². The van der Waals surface area contributed by atoms with Crippen LogP contribution >= 0.6 is 0 Å². The van der Waals surface area contributed by atoms with Gasteiger partial charge in [-0.15, -0.1) is 0 Å². The molecule has 0 aromatic heterocycles. The minimum Gasteiger partial charge on any atom is -0.469 e. The smallest absolute Gasteiger partial charge is 0.411 e. The monoisotopic (exact) mass is 420 g/mol. The number of benzene rings is 1. The molecule has 1 heterocycles. The topological polar surface area (TPSA) is 111 Å². The third-order valence-corrected chi connectivity index (χ3v) is 4.70. The summed E-state index contributed by atoms with van der Waals surface area (Å²) in [5.41, 5.74) is -0.374. The molecule has 9 nitrogen and oxygen atoms in total. The number of likely N-dealkylation sites (tertiary alicyclic amines) is 1. The average molecular weight is 420 g/mol. The fraction of sp³-hybridized carbons (Fsp3) is 0.524. The third kappa shape index (κ3) is 5.71. The molecule has 0 bridgehead atoms. The fourth-order valence-electron chi connectivity index (χ4n) is 3.37. The number of nitrogens with zero attached hydrogens (tertiary/aromatic N) is 1. The van der Waals surface area contributed by atoms with Gasteiger partial charge in [0.1, 0.15) is 11.6 Å². The molecule has 1 N–H and O–H groups in total. The van der Waals surface area contributed by atoms with Gasteiger partial charge in [-0.25, -0.2) is 9.59 Å². The van der Waals surface area contributed by atoms with Gasteiger partial charge >= 0.3 is 18.0 Å². The Balaban J connectivity index is 2.35. The summed E-state index contributed by atoms with van der Waals surface area (Å²) in [6, 6.07) is 6.72. The number of ether oxygens (including phenoxy) is 3. The lowest BCUT2D eigenvalue weighted by Crippen LogP contribution is -2.46. The van der Waals surface area contributed by atoms with E-state index in [-0.39, 0.29) is 18.9 Å². The van der Waals surface area contributed by atoms with E-state index in [4.69, 9.17) is 14.2 Å². The first-order chi connectivity index (χ1) is 14.1. The Morgan fingerprint density at radius 2 is 1.70 bits per heavy atom. The lowest BCUT2D eigenvalue weighted by molar-refractivity contribution is -0.148. The van der Waals surface area contributed by atoms with E-state index in [1.807, 2.05) is 0 Å². The highest BCUT2D eigenvalue weighted by Gasteiger charge is 2.51. The zero-order chi connectivity index (χ0) is 22.5. The van der Waals surface area contributed by atoms with E-state index in [2.05, 4.69) is 5.32 Å². The zero-order valence-corrected chi connectivity index (χ0v) is 17.8. The molecule has 30 heavy (non-hydrogen) atoms. The molecule has 2 amide bonds. The van der Waals surface area contributed by atoms with E-state index in [1.165, 1.54) is 19.1 Å². The Kier molecular flexibility index (Phi) is 7.42. The summed E-state index contributed by atoms with van der Waals surface area (Å²) in [7, 11) is 2.42. The van der Waals surface area contributed by atoms with Crippen LogP contribution in [0.2, 0.25) is 0 Å². The quantitative estimate of drug-likeness (QED) is 0.571. The molecular formula is C21H28N2O7. The van der Waals surface area contributed by atoms with Gasteiger partial charge in [0.2, 0.25) is 0 Å². The van der Waals surface area contributed by atoms with Crippen molar-refractivity contribution >= 4 is 23.9 Å². The molecule has 1 fully saturated rings. The summed E-state index contributed by atoms with van der Waals surface area (Å²) in [5.74, 6) is -2.40. The van der Waals surface area contributed by atoms with Crippen molar-refractivity contribution in [2.75, 3.05) is 20.8 Å². The van der Waals surface area contributed by atoms with Crippen molar-refractivity contribution < 1.29 is 33.4 Å². The van der Waals surface area contributed by atoms with E-state index in [9.17, 15) is 19.2 Å². The zero-order valence-electron chi connectivity index (χ0n) is 17.8. The second-order valence-electron chi connectivity index (χ2n) is 7.99. The number of nitrogens with one attached hydrogen (secondary N) is 1. The number of rotatable bonds is 5. The second-order valence-corrected chi connectivity index (χ2v) is 7.99. The molecule has 164 valence electrons. The molecule has 1 aromatic rings. The second kappa shape index (κ2) is 9.60. The van der Waals surface area contributed by atoms with Crippen molar-refractivity contribution in [3.63, 3.8) is 0 Å². The molecule has 1 aliphatic rings. The van der Waals surface area contributed by atoms with E-state index in [0.717, 1.165) is 0 Å². The van der Waals surface area contributed by atoms with Gasteiger partial charge in [0.25, 0.3) is 5.91 Å². The van der Waals surface area contributed by atoms with Gasteiger partial charge < -0.3 is 19.5 Å². The summed E-state index contributed by atoms with van der Waals surface area (Å²) >= 11 is 0. The Morgan fingerprint density at radius 3 is 2.23 bits per heavy atom. The maximum Gasteiger partial charge on any atom is 0.411 e. The molecule has 3 atom stereocenters. The van der Waals surface area contributed by atoms with Crippen LogP contribution < -0.4 is 5.32 Å². The van der Waals surface area contributed by atoms with Gasteiger partial charge in [-0.1, -0.05) is 18.2 Å². The molecule has 2 rings (SSSR count). The normalized spacial score (nSPS) is 21.0. The first-order valence-corrected chi connectivity index (χ1v) is 9.57. The average Bonchev–Trinajstić information content (AvgIpc) is 3.04. The largest absolute Gasteiger partial charge is 0.469 e. The van der Waals surface area contributed by atoms with Crippen LogP contribution in [0.25, 0.3) is 0 Å². The van der Waals surface area contributed by atoms with Gasteiger partial charge in [-0.05, 0) is 32.9 Å². The highest BCUT2D eigenvalue weighted by atomic mass is 16.6. The third-order valence-electron chi connectivity index (χ3n) is 4.70. The molecule has 1 saturated heterocycles. The number of hydrogen-bond donors (Lipinski definition) is 1. The molecule has 0 saturated carbocycles. The molecule has 9 heteroatoms. The van der Waals surface area contributed by atoms with Crippen molar-refractivity contribution in [3.8, 4) is 0 Å². The molecule has 0 aliphatic carbocycles. The van der Waals surface area contributed by atoms with Gasteiger partial charge in [-0.3, -0.25) is 14.5 Å². The van der Waals surface area contributed by atoms with Crippen LogP contribution in [0.1, 0.15) is 37.6 Å². The molecular weight excluding hydrogens is 392 g/mol. The van der Waals surface area contributed by atoms with Crippen LogP contribution in [0, 0.1) is 5.92 Å². The highest BCUT2D eigenvalue weighted by Crippen LogP contribution is 2.31. The lowest BCUT2D eigenvalue weighted by atomic mass is 9.92. The number of methoxy groups -OCH3 is 2. The van der Waals surface area contributed by atoms with Crippen LogP contribution in [0.4, 0.5) is 4.79 Å². The Morgan fingerprint density at radius 1 is 1.07 bits per heavy atom. The summed E-state index contributed by atoms with van der Waals surface area (Å²) < 4.78 is 15.0. The van der Waals surface area contributed by atoms with Crippen molar-refractivity contribution in [1.82, 2.24) is 10.2 Å². The number of carbonyl (C=O) groups excluding carboxylic acids is 4. The Labute approximate surface area is 175 Å². The summed E-state index contributed by atoms with van der Waals surface area (Å²) in [6.07, 6.45) is -0.917. The highest BCUT2D eigenvalue weighted by molar-refractivity contribution is 5.94. The standard InChI is InChI=1S/C21H28N2O7/c1-21(2,3)30-20(27)23-12-15(22-18(25)13-9-7-6-8-10-13)14(11-16(24)28-4)17(23)19(26)29-5/h6-10,14-15,17H,11-12H2,1-5H3,(H,22,25)/t14-,15-,17-/m0/s1. The molecule has 0 radical (unpaired) electrons. The van der Waals surface area contributed by atoms with E-state index in [1.54, 1.807) is 51.1 Å². The van der Waals surface area contributed by atoms with Gasteiger partial charge in [0, 0.05) is 18.0 Å². The SMILES string of the molecule is COC(=O)C[C@H]1[C@@H](NC(=O)c2ccccc2)CN(C(=O)OC(C)(C)C)[C@@H]1C(=O)OC. The van der Waals surface area contributed by atoms with Crippen molar-refractivity contribution in [3.05, 3.63) is 35.9 Å². The number of hydrogen-bond acceptors (Lipinski definition) is 7. The van der Waals surface area contributed by atoms with Crippen molar-refractivity contribution in [1.29, 1.82) is 0 Å². The minimum absolute atomic E-state index is 0.0189. The summed E-state index contributed by atoms with van der Waals surface area (Å²) in [4.78, 5) is 51.2. The predicted octanol–water partition coefficient (Wildman–Crippen LogP) is 1.76. The van der Waals surface area contributed by atoms with Crippen LogP contribution in [0.5, 0.6) is 0 Å². The molecule has 1 aliphatic heterocycles. The maximum atomic E-state index is 12.8. The number of carbonyl (C=O) groups is 4. The predicted molar refractivity (Wildman–Crippen MR) is 107 cm³/mol. The van der Waals surface area contributed by atoms with Crippen LogP contribution in [-0.2, 0) is 23.8 Å². The van der Waals surface area contributed by atoms with Gasteiger partial charge in [-0.2, -0.15) is 0 Å². The van der Waals surface area contributed by atoms with Gasteiger partial charge in [0.05, 0.1) is 26.7 Å².